The van der Waals surface area contributed by atoms with Gasteiger partial charge in [-0.15, -0.1) is 0 Å². The van der Waals surface area contributed by atoms with Gasteiger partial charge in [-0.3, -0.25) is 4.68 Å². The normalized spacial score (nSPS) is 12.3. The van der Waals surface area contributed by atoms with Crippen LogP contribution in [-0.2, 0) is 24.4 Å². The summed E-state index contributed by atoms with van der Waals surface area (Å²) in [6.07, 6.45) is -3.39. The largest absolute Gasteiger partial charge is 0.411 e. The number of aromatic nitrogens is 2. The summed E-state index contributed by atoms with van der Waals surface area (Å²) in [6.45, 7) is 7.55. The zero-order chi connectivity index (χ0) is 22.0. The lowest BCUT2D eigenvalue weighted by atomic mass is 10.1. The molecule has 0 spiro atoms. The van der Waals surface area contributed by atoms with Gasteiger partial charge in [0.05, 0.1) is 18.8 Å². The Balaban J connectivity index is 1.78. The van der Waals surface area contributed by atoms with Crippen LogP contribution in [0.15, 0.2) is 35.3 Å². The van der Waals surface area contributed by atoms with E-state index < -0.39 is 12.8 Å². The lowest BCUT2D eigenvalue weighted by molar-refractivity contribution is -0.176. The quantitative estimate of drug-likeness (QED) is 0.346. The van der Waals surface area contributed by atoms with E-state index in [0.29, 0.717) is 12.1 Å². The third kappa shape index (κ3) is 8.86. The van der Waals surface area contributed by atoms with Crippen LogP contribution in [0.5, 0.6) is 0 Å². The fourth-order valence-corrected chi connectivity index (χ4v) is 2.87. The molecular weight excluding hydrogens is 395 g/mol. The number of nitrogens with zero attached hydrogens (tertiary/aromatic N) is 3. The Morgan fingerprint density at radius 3 is 2.43 bits per heavy atom. The summed E-state index contributed by atoms with van der Waals surface area (Å²) in [6, 6.07) is 9.28. The molecule has 1 aromatic carbocycles. The van der Waals surface area contributed by atoms with Gasteiger partial charge in [0.25, 0.3) is 0 Å². The van der Waals surface area contributed by atoms with Crippen LogP contribution in [0.2, 0.25) is 0 Å². The molecule has 9 heteroatoms. The molecule has 0 aliphatic heterocycles. The Kier molecular flexibility index (Phi) is 9.16. The van der Waals surface area contributed by atoms with Crippen LogP contribution in [0.25, 0.3) is 0 Å². The Hall–Kier alpha value is -2.55. The summed E-state index contributed by atoms with van der Waals surface area (Å²) in [5, 5.41) is 11.0. The molecule has 0 atom stereocenters. The lowest BCUT2D eigenvalue weighted by Gasteiger charge is -2.12. The highest BCUT2D eigenvalue weighted by Crippen LogP contribution is 2.16. The Bertz CT molecular complexity index is 800. The van der Waals surface area contributed by atoms with Gasteiger partial charge in [-0.2, -0.15) is 18.3 Å². The number of ether oxygens (including phenoxy) is 1. The van der Waals surface area contributed by atoms with Gasteiger partial charge in [-0.1, -0.05) is 24.3 Å². The first-order valence-corrected chi connectivity index (χ1v) is 10.0. The van der Waals surface area contributed by atoms with Gasteiger partial charge in [0.2, 0.25) is 0 Å². The Morgan fingerprint density at radius 1 is 1.13 bits per heavy atom. The van der Waals surface area contributed by atoms with Crippen molar-refractivity contribution in [2.45, 2.75) is 53.1 Å². The molecule has 2 aromatic rings. The van der Waals surface area contributed by atoms with Crippen LogP contribution in [0, 0.1) is 13.8 Å². The number of guanidine groups is 1. The van der Waals surface area contributed by atoms with Crippen LogP contribution in [0.4, 0.5) is 13.2 Å². The molecule has 0 fully saturated rings. The molecule has 166 valence electrons. The summed E-state index contributed by atoms with van der Waals surface area (Å²) < 4.78 is 43.0. The summed E-state index contributed by atoms with van der Waals surface area (Å²) in [7, 11) is 0. The molecule has 2 rings (SSSR count). The number of benzene rings is 1. The van der Waals surface area contributed by atoms with E-state index in [1.165, 1.54) is 0 Å². The van der Waals surface area contributed by atoms with E-state index in [-0.39, 0.29) is 6.61 Å². The minimum atomic E-state index is -4.31. The lowest BCUT2D eigenvalue weighted by Crippen LogP contribution is -2.38. The highest BCUT2D eigenvalue weighted by atomic mass is 19.4. The average Bonchev–Trinajstić information content (AvgIpc) is 3.00. The summed E-state index contributed by atoms with van der Waals surface area (Å²) in [4.78, 5) is 4.57. The van der Waals surface area contributed by atoms with Crippen molar-refractivity contribution in [1.82, 2.24) is 20.4 Å². The van der Waals surface area contributed by atoms with E-state index in [2.05, 4.69) is 31.5 Å². The monoisotopic (exact) mass is 425 g/mol. The molecule has 1 aromatic heterocycles. The van der Waals surface area contributed by atoms with E-state index in [1.54, 1.807) is 12.1 Å². The van der Waals surface area contributed by atoms with Gasteiger partial charge in [0.1, 0.15) is 6.61 Å². The predicted molar refractivity (Wildman–Crippen MR) is 111 cm³/mol. The number of aliphatic imine (C=N–C) groups is 1. The highest BCUT2D eigenvalue weighted by Gasteiger charge is 2.27. The van der Waals surface area contributed by atoms with Crippen LogP contribution in [-0.4, -0.2) is 41.6 Å². The van der Waals surface area contributed by atoms with Gasteiger partial charge in [-0.25, -0.2) is 4.99 Å². The second-order valence-corrected chi connectivity index (χ2v) is 7.05. The molecule has 0 amide bonds. The number of halogens is 3. The van der Waals surface area contributed by atoms with Crippen molar-refractivity contribution >= 4 is 5.96 Å². The van der Waals surface area contributed by atoms with E-state index in [9.17, 15) is 13.2 Å². The molecule has 0 saturated carbocycles. The predicted octanol–water partition coefficient (Wildman–Crippen LogP) is 3.72. The Labute approximate surface area is 175 Å². The molecule has 1 heterocycles. The standard InChI is InChI=1S/C21H30F3N5O/c1-4-25-20(26-10-5-11-29-17(3)12-16(2)28-29)27-13-18-6-8-19(9-7-18)14-30-15-21(22,23)24/h6-9,12H,4-5,10-11,13-15H2,1-3H3,(H2,25,26,27). The average molecular weight is 425 g/mol. The van der Waals surface area contributed by atoms with E-state index in [0.717, 1.165) is 49.0 Å². The van der Waals surface area contributed by atoms with Crippen molar-refractivity contribution in [3.8, 4) is 0 Å². The second kappa shape index (κ2) is 11.6. The number of hydrogen-bond donors (Lipinski definition) is 2. The van der Waals surface area contributed by atoms with Crippen molar-refractivity contribution in [3.63, 3.8) is 0 Å². The van der Waals surface area contributed by atoms with Crippen molar-refractivity contribution in [2.75, 3.05) is 19.7 Å². The van der Waals surface area contributed by atoms with Crippen molar-refractivity contribution in [2.24, 2.45) is 4.99 Å². The van der Waals surface area contributed by atoms with Gasteiger partial charge < -0.3 is 15.4 Å². The summed E-state index contributed by atoms with van der Waals surface area (Å²) in [5.41, 5.74) is 3.84. The van der Waals surface area contributed by atoms with Crippen LogP contribution >= 0.6 is 0 Å². The molecule has 6 nitrogen and oxygen atoms in total. The molecule has 0 radical (unpaired) electrons. The molecule has 0 aliphatic carbocycles. The topological polar surface area (TPSA) is 63.5 Å². The number of nitrogens with one attached hydrogen (secondary N) is 2. The number of aryl methyl sites for hydroxylation is 3. The molecular formula is C21H30F3N5O. The van der Waals surface area contributed by atoms with Crippen molar-refractivity contribution < 1.29 is 17.9 Å². The van der Waals surface area contributed by atoms with E-state index in [1.807, 2.05) is 37.6 Å². The van der Waals surface area contributed by atoms with Gasteiger partial charge in [-0.05, 0) is 44.4 Å². The van der Waals surface area contributed by atoms with Gasteiger partial charge in [0, 0.05) is 25.3 Å². The molecule has 30 heavy (non-hydrogen) atoms. The third-order valence-electron chi connectivity index (χ3n) is 4.26. The maximum Gasteiger partial charge on any atom is 0.411 e. The molecule has 2 N–H and O–H groups in total. The van der Waals surface area contributed by atoms with Crippen molar-refractivity contribution in [1.29, 1.82) is 0 Å². The highest BCUT2D eigenvalue weighted by molar-refractivity contribution is 5.79. The fraction of sp³-hybridized carbons (Fsp3) is 0.524. The number of alkyl halides is 3. The smallest absolute Gasteiger partial charge is 0.367 e. The molecule has 0 saturated heterocycles. The maximum absolute atomic E-state index is 12.1. The van der Waals surface area contributed by atoms with Crippen LogP contribution < -0.4 is 10.6 Å². The summed E-state index contributed by atoms with van der Waals surface area (Å²) in [5.74, 6) is 0.725. The molecule has 0 aliphatic rings. The summed E-state index contributed by atoms with van der Waals surface area (Å²) >= 11 is 0. The fourth-order valence-electron chi connectivity index (χ4n) is 2.87. The first-order chi connectivity index (χ1) is 14.3. The second-order valence-electron chi connectivity index (χ2n) is 7.05. The first kappa shape index (κ1) is 23.7. The zero-order valence-corrected chi connectivity index (χ0v) is 17.7. The van der Waals surface area contributed by atoms with Gasteiger partial charge >= 0.3 is 6.18 Å². The number of rotatable bonds is 10. The van der Waals surface area contributed by atoms with Gasteiger partial charge in [0.15, 0.2) is 5.96 Å². The SMILES string of the molecule is CCNC(=NCc1ccc(COCC(F)(F)F)cc1)NCCCn1nc(C)cc1C. The minimum Gasteiger partial charge on any atom is -0.367 e. The van der Waals surface area contributed by atoms with E-state index in [4.69, 9.17) is 0 Å². The maximum atomic E-state index is 12.1. The zero-order valence-electron chi connectivity index (χ0n) is 17.7. The Morgan fingerprint density at radius 2 is 1.83 bits per heavy atom. The van der Waals surface area contributed by atoms with E-state index >= 15 is 0 Å². The first-order valence-electron chi connectivity index (χ1n) is 10.0. The van der Waals surface area contributed by atoms with Crippen LogP contribution in [0.3, 0.4) is 0 Å². The molecule has 0 bridgehead atoms. The molecule has 0 unspecified atom stereocenters. The minimum absolute atomic E-state index is 0.0670. The van der Waals surface area contributed by atoms with Crippen molar-refractivity contribution in [3.05, 3.63) is 52.8 Å². The van der Waals surface area contributed by atoms with Crippen LogP contribution in [0.1, 0.15) is 35.9 Å². The third-order valence-corrected chi connectivity index (χ3v) is 4.26. The number of hydrogen-bond acceptors (Lipinski definition) is 3.